The van der Waals surface area contributed by atoms with E-state index in [-0.39, 0.29) is 38.0 Å². The highest BCUT2D eigenvalue weighted by atomic mass is 32.2. The topological polar surface area (TPSA) is 57.7 Å². The maximum Gasteiger partial charge on any atom is 0.250 e. The average Bonchev–Trinajstić information content (AvgIpc) is 2.33. The second-order valence-corrected chi connectivity index (χ2v) is 8.46. The molecule has 0 unspecified atom stereocenters. The Morgan fingerprint density at radius 3 is 1.90 bits per heavy atom. The highest BCUT2D eigenvalue weighted by Gasteiger charge is 2.63. The van der Waals surface area contributed by atoms with Gasteiger partial charge >= 0.3 is 0 Å². The lowest BCUT2D eigenvalue weighted by Gasteiger charge is -2.51. The fraction of sp³-hybridized carbons (Fsp3) is 0.923. The van der Waals surface area contributed by atoms with Crippen LogP contribution in [0.25, 0.3) is 0 Å². The van der Waals surface area contributed by atoms with E-state index in [0.717, 1.165) is 6.26 Å². The minimum atomic E-state index is -3.26. The Bertz CT molecular complexity index is 518. The first-order valence-corrected chi connectivity index (χ1v) is 8.95. The van der Waals surface area contributed by atoms with Crippen molar-refractivity contribution in [2.24, 2.45) is 11.3 Å². The molecule has 0 atom stereocenters. The largest absolute Gasteiger partial charge is 0.340 e. The SMILES string of the molecule is CC(C)C1(C(=O)N2CCN(S(C)(=O)=O)CC2)CC(F)(F)C1. The first-order valence-electron chi connectivity index (χ1n) is 7.10. The summed E-state index contributed by atoms with van der Waals surface area (Å²) in [6, 6.07) is 0. The standard InChI is InChI=1S/C13H22F2N2O3S/c1-10(2)12(8-13(14,15)9-12)11(18)16-4-6-17(7-5-16)21(3,19)20/h10H,4-9H2,1-3H3. The third-order valence-corrected chi connectivity index (χ3v) is 5.98. The molecule has 1 saturated heterocycles. The number of nitrogens with zero attached hydrogens (tertiary/aromatic N) is 2. The van der Waals surface area contributed by atoms with Crippen LogP contribution in [0.1, 0.15) is 26.7 Å². The highest BCUT2D eigenvalue weighted by Crippen LogP contribution is 2.57. The lowest BCUT2D eigenvalue weighted by atomic mass is 9.59. The van der Waals surface area contributed by atoms with Crippen molar-refractivity contribution in [1.29, 1.82) is 0 Å². The Labute approximate surface area is 124 Å². The summed E-state index contributed by atoms with van der Waals surface area (Å²) in [5.74, 6) is -3.16. The first-order chi connectivity index (χ1) is 9.48. The fourth-order valence-electron chi connectivity index (χ4n) is 3.22. The Morgan fingerprint density at radius 2 is 1.57 bits per heavy atom. The third kappa shape index (κ3) is 3.06. The summed E-state index contributed by atoms with van der Waals surface area (Å²) in [5, 5.41) is 0. The van der Waals surface area contributed by atoms with Gasteiger partial charge in [0, 0.05) is 39.0 Å². The predicted molar refractivity (Wildman–Crippen MR) is 74.4 cm³/mol. The molecule has 21 heavy (non-hydrogen) atoms. The Morgan fingerprint density at radius 1 is 1.10 bits per heavy atom. The minimum Gasteiger partial charge on any atom is -0.340 e. The number of hydrogen-bond acceptors (Lipinski definition) is 3. The van der Waals surface area contributed by atoms with Gasteiger partial charge in [-0.15, -0.1) is 0 Å². The predicted octanol–water partition coefficient (Wildman–Crippen LogP) is 1.16. The lowest BCUT2D eigenvalue weighted by Crippen LogP contribution is -2.61. The van der Waals surface area contributed by atoms with Crippen LogP contribution in [0.4, 0.5) is 8.78 Å². The van der Waals surface area contributed by atoms with Crippen LogP contribution < -0.4 is 0 Å². The zero-order valence-corrected chi connectivity index (χ0v) is 13.4. The highest BCUT2D eigenvalue weighted by molar-refractivity contribution is 7.88. The Balaban J connectivity index is 2.05. The molecule has 0 radical (unpaired) electrons. The van der Waals surface area contributed by atoms with Gasteiger partial charge in [-0.1, -0.05) is 13.8 Å². The average molecular weight is 324 g/mol. The van der Waals surface area contributed by atoms with Gasteiger partial charge in [-0.3, -0.25) is 4.79 Å². The van der Waals surface area contributed by atoms with Crippen molar-refractivity contribution in [3.8, 4) is 0 Å². The molecule has 1 amide bonds. The lowest BCUT2D eigenvalue weighted by molar-refractivity contribution is -0.199. The van der Waals surface area contributed by atoms with Crippen molar-refractivity contribution >= 4 is 15.9 Å². The van der Waals surface area contributed by atoms with Gasteiger partial charge in [-0.25, -0.2) is 17.2 Å². The molecule has 0 aromatic heterocycles. The minimum absolute atomic E-state index is 0.155. The van der Waals surface area contributed by atoms with E-state index >= 15 is 0 Å². The van der Waals surface area contributed by atoms with Gasteiger partial charge in [0.2, 0.25) is 21.9 Å². The number of carbonyl (C=O) groups is 1. The van der Waals surface area contributed by atoms with E-state index in [0.29, 0.717) is 0 Å². The molecule has 122 valence electrons. The number of rotatable bonds is 3. The van der Waals surface area contributed by atoms with Gasteiger partial charge < -0.3 is 4.90 Å². The Kier molecular flexibility index (Phi) is 4.08. The van der Waals surface area contributed by atoms with Crippen LogP contribution in [0.2, 0.25) is 0 Å². The monoisotopic (exact) mass is 324 g/mol. The number of sulfonamides is 1. The van der Waals surface area contributed by atoms with Crippen LogP contribution in [0.5, 0.6) is 0 Å². The van der Waals surface area contributed by atoms with Crippen molar-refractivity contribution in [3.63, 3.8) is 0 Å². The zero-order chi connectivity index (χ0) is 16.1. The number of alkyl halides is 2. The van der Waals surface area contributed by atoms with Crippen LogP contribution in [0, 0.1) is 11.3 Å². The van der Waals surface area contributed by atoms with E-state index in [1.165, 1.54) is 9.21 Å². The van der Waals surface area contributed by atoms with Gasteiger partial charge in [-0.05, 0) is 5.92 Å². The molecule has 2 aliphatic rings. The second kappa shape index (κ2) is 5.15. The number of carbonyl (C=O) groups excluding carboxylic acids is 1. The molecule has 5 nitrogen and oxygen atoms in total. The van der Waals surface area contributed by atoms with Gasteiger partial charge in [0.15, 0.2) is 0 Å². The van der Waals surface area contributed by atoms with Crippen LogP contribution in [-0.4, -0.2) is 61.9 Å². The molecule has 0 aromatic carbocycles. The van der Waals surface area contributed by atoms with E-state index in [2.05, 4.69) is 0 Å². The summed E-state index contributed by atoms with van der Waals surface area (Å²) in [6.07, 6.45) is 0.332. The molecule has 0 bridgehead atoms. The van der Waals surface area contributed by atoms with Crippen molar-refractivity contribution in [1.82, 2.24) is 9.21 Å². The summed E-state index contributed by atoms with van der Waals surface area (Å²) in [4.78, 5) is 14.2. The zero-order valence-electron chi connectivity index (χ0n) is 12.6. The van der Waals surface area contributed by atoms with Gasteiger partial charge in [0.05, 0.1) is 11.7 Å². The molecular formula is C13H22F2N2O3S. The summed E-state index contributed by atoms with van der Waals surface area (Å²) < 4.78 is 50.8. The molecule has 2 fully saturated rings. The molecule has 1 saturated carbocycles. The number of amides is 1. The smallest absolute Gasteiger partial charge is 0.250 e. The van der Waals surface area contributed by atoms with Crippen LogP contribution >= 0.6 is 0 Å². The molecular weight excluding hydrogens is 302 g/mol. The quantitative estimate of drug-likeness (QED) is 0.783. The molecule has 0 aromatic rings. The van der Waals surface area contributed by atoms with E-state index in [1.54, 1.807) is 13.8 Å². The maximum atomic E-state index is 13.3. The van der Waals surface area contributed by atoms with Crippen molar-refractivity contribution in [3.05, 3.63) is 0 Å². The molecule has 1 heterocycles. The van der Waals surface area contributed by atoms with Gasteiger partial charge in [-0.2, -0.15) is 4.31 Å². The maximum absolute atomic E-state index is 13.3. The van der Waals surface area contributed by atoms with Crippen molar-refractivity contribution in [2.45, 2.75) is 32.6 Å². The number of piperazine rings is 1. The first kappa shape index (κ1) is 16.6. The second-order valence-electron chi connectivity index (χ2n) is 6.47. The number of hydrogen-bond donors (Lipinski definition) is 0. The van der Waals surface area contributed by atoms with E-state index in [1.807, 2.05) is 0 Å². The van der Waals surface area contributed by atoms with Crippen LogP contribution in [0.3, 0.4) is 0 Å². The molecule has 1 aliphatic carbocycles. The fourth-order valence-corrected chi connectivity index (χ4v) is 4.04. The number of halogens is 2. The summed E-state index contributed by atoms with van der Waals surface area (Å²) in [7, 11) is -3.26. The van der Waals surface area contributed by atoms with Gasteiger partial charge in [0.1, 0.15) is 0 Å². The molecule has 2 rings (SSSR count). The summed E-state index contributed by atoms with van der Waals surface area (Å²) >= 11 is 0. The van der Waals surface area contributed by atoms with Gasteiger partial charge in [0.25, 0.3) is 0 Å². The van der Waals surface area contributed by atoms with Crippen LogP contribution in [0.15, 0.2) is 0 Å². The molecule has 8 heteroatoms. The van der Waals surface area contributed by atoms with Crippen molar-refractivity contribution < 1.29 is 22.0 Å². The van der Waals surface area contributed by atoms with Crippen molar-refractivity contribution in [2.75, 3.05) is 32.4 Å². The summed E-state index contributed by atoms with van der Waals surface area (Å²) in [6.45, 7) is 4.59. The van der Waals surface area contributed by atoms with Crippen LogP contribution in [-0.2, 0) is 14.8 Å². The molecule has 1 aliphatic heterocycles. The van der Waals surface area contributed by atoms with E-state index in [9.17, 15) is 22.0 Å². The molecule has 0 spiro atoms. The van der Waals surface area contributed by atoms with E-state index < -0.39 is 34.2 Å². The molecule has 0 N–H and O–H groups in total. The summed E-state index contributed by atoms with van der Waals surface area (Å²) in [5.41, 5.74) is -0.989. The normalized spacial score (nSPS) is 25.7. The third-order valence-electron chi connectivity index (χ3n) is 4.67. The van der Waals surface area contributed by atoms with E-state index in [4.69, 9.17) is 0 Å². The Hall–Kier alpha value is -0.760.